The number of aliphatic carboxylic acids is 1. The van der Waals surface area contributed by atoms with Crippen LogP contribution < -0.4 is 15.5 Å². The summed E-state index contributed by atoms with van der Waals surface area (Å²) in [5.41, 5.74) is 4.43. The second-order valence-corrected chi connectivity index (χ2v) is 6.81. The maximum Gasteiger partial charge on any atom is 0.339 e. The van der Waals surface area contributed by atoms with E-state index in [9.17, 15) is 14.7 Å². The van der Waals surface area contributed by atoms with E-state index in [0.29, 0.717) is 23.5 Å². The van der Waals surface area contributed by atoms with E-state index < -0.39 is 11.6 Å². The van der Waals surface area contributed by atoms with Gasteiger partial charge in [0.2, 0.25) is 0 Å². The van der Waals surface area contributed by atoms with Gasteiger partial charge in [0.05, 0.1) is 0 Å². The average Bonchev–Trinajstić information content (AvgIpc) is 2.58. The highest BCUT2D eigenvalue weighted by Gasteiger charge is 2.12. The number of fused-ring (bicyclic) bond motifs is 1. The Bertz CT molecular complexity index is 1040. The molecule has 0 aliphatic rings. The van der Waals surface area contributed by atoms with Gasteiger partial charge in [0.25, 0.3) is 0 Å². The van der Waals surface area contributed by atoms with E-state index in [0.717, 1.165) is 16.5 Å². The number of carbonyl (C=O) groups excluding carboxylic acids is 1. The van der Waals surface area contributed by atoms with Crippen LogP contribution in [0.4, 0.5) is 0 Å². The average molecular weight is 365 g/mol. The van der Waals surface area contributed by atoms with Crippen molar-refractivity contribution in [1.29, 1.82) is 0 Å². The highest BCUT2D eigenvalue weighted by molar-refractivity contribution is 5.82. The van der Waals surface area contributed by atoms with Gasteiger partial charge in [0.15, 0.2) is 0 Å². The zero-order valence-corrected chi connectivity index (χ0v) is 15.6. The third kappa shape index (κ3) is 4.37. The van der Waals surface area contributed by atoms with E-state index in [4.69, 9.17) is 9.15 Å². The Labute approximate surface area is 157 Å². The zero-order chi connectivity index (χ0) is 19.6. The normalized spacial score (nSPS) is 10.9. The Morgan fingerprint density at radius 1 is 1.07 bits per heavy atom. The quantitative estimate of drug-likeness (QED) is 0.628. The van der Waals surface area contributed by atoms with Gasteiger partial charge in [-0.2, -0.15) is 0 Å². The Hall–Kier alpha value is -3.08. The van der Waals surface area contributed by atoms with Gasteiger partial charge in [-0.25, -0.2) is 4.79 Å². The molecule has 27 heavy (non-hydrogen) atoms. The number of rotatable bonds is 6. The number of hydrogen-bond donors (Lipinski definition) is 0. The van der Waals surface area contributed by atoms with E-state index in [1.165, 1.54) is 11.1 Å². The van der Waals surface area contributed by atoms with Gasteiger partial charge in [-0.1, -0.05) is 29.3 Å². The van der Waals surface area contributed by atoms with Crippen LogP contribution >= 0.6 is 0 Å². The number of hydrogen-bond acceptors (Lipinski definition) is 5. The predicted octanol–water partition coefficient (Wildman–Crippen LogP) is 2.98. The molecule has 0 spiro atoms. The second-order valence-electron chi connectivity index (χ2n) is 6.81. The van der Waals surface area contributed by atoms with E-state index in [1.807, 2.05) is 26.0 Å². The van der Waals surface area contributed by atoms with E-state index in [2.05, 4.69) is 18.2 Å². The van der Waals surface area contributed by atoms with Crippen molar-refractivity contribution >= 4 is 16.9 Å². The minimum atomic E-state index is -1.19. The lowest BCUT2D eigenvalue weighted by atomic mass is 10.0. The maximum atomic E-state index is 12.2. The Balaban J connectivity index is 1.85. The van der Waals surface area contributed by atoms with Gasteiger partial charge in [-0.15, -0.1) is 0 Å². The van der Waals surface area contributed by atoms with Crippen molar-refractivity contribution in [2.24, 2.45) is 0 Å². The number of benzene rings is 2. The van der Waals surface area contributed by atoms with Crippen LogP contribution in [0.3, 0.4) is 0 Å². The van der Waals surface area contributed by atoms with Crippen molar-refractivity contribution in [2.75, 3.05) is 0 Å². The molecule has 0 aliphatic carbocycles. The molecule has 0 radical (unpaired) electrons. The number of ether oxygens (including phenoxy) is 1. The van der Waals surface area contributed by atoms with Crippen LogP contribution in [0.1, 0.15) is 34.2 Å². The molecule has 5 heteroatoms. The number of carboxylic acids is 1. The molecule has 140 valence electrons. The fourth-order valence-corrected chi connectivity index (χ4v) is 3.30. The van der Waals surface area contributed by atoms with Crippen LogP contribution in [0.25, 0.3) is 11.0 Å². The summed E-state index contributed by atoms with van der Waals surface area (Å²) in [6.07, 6.45) is -0.119. The van der Waals surface area contributed by atoms with Crippen molar-refractivity contribution in [2.45, 2.75) is 40.2 Å². The molecule has 2 aromatic carbocycles. The Morgan fingerprint density at radius 2 is 1.78 bits per heavy atom. The molecule has 1 aromatic heterocycles. The van der Waals surface area contributed by atoms with Gasteiger partial charge in [0, 0.05) is 23.0 Å². The molecule has 0 bridgehead atoms. The van der Waals surface area contributed by atoms with Crippen LogP contribution in [0.5, 0.6) is 5.75 Å². The largest absolute Gasteiger partial charge is 0.550 e. The van der Waals surface area contributed by atoms with E-state index in [-0.39, 0.29) is 12.8 Å². The van der Waals surface area contributed by atoms with Crippen molar-refractivity contribution in [3.8, 4) is 5.75 Å². The number of aryl methyl sites for hydroxylation is 3. The molecule has 0 aliphatic heterocycles. The molecular weight excluding hydrogens is 344 g/mol. The van der Waals surface area contributed by atoms with E-state index >= 15 is 0 Å². The maximum absolute atomic E-state index is 12.2. The summed E-state index contributed by atoms with van der Waals surface area (Å²) in [6, 6.07) is 11.6. The fraction of sp³-hybridized carbons (Fsp3) is 0.273. The summed E-state index contributed by atoms with van der Waals surface area (Å²) in [5.74, 6) is -0.587. The summed E-state index contributed by atoms with van der Waals surface area (Å²) >= 11 is 0. The van der Waals surface area contributed by atoms with Crippen LogP contribution in [-0.4, -0.2) is 5.97 Å². The highest BCUT2D eigenvalue weighted by Crippen LogP contribution is 2.25. The molecule has 1 heterocycles. The summed E-state index contributed by atoms with van der Waals surface area (Å²) in [7, 11) is 0. The molecular formula is C22H21O5-. The predicted molar refractivity (Wildman–Crippen MR) is 101 cm³/mol. The third-order valence-corrected chi connectivity index (χ3v) is 4.52. The summed E-state index contributed by atoms with van der Waals surface area (Å²) in [4.78, 5) is 22.9. The van der Waals surface area contributed by atoms with Crippen LogP contribution in [0, 0.1) is 20.8 Å². The molecule has 0 amide bonds. The Morgan fingerprint density at radius 3 is 2.44 bits per heavy atom. The first kappa shape index (κ1) is 18.7. The van der Waals surface area contributed by atoms with Gasteiger partial charge in [0.1, 0.15) is 17.9 Å². The first-order chi connectivity index (χ1) is 12.8. The third-order valence-electron chi connectivity index (χ3n) is 4.52. The van der Waals surface area contributed by atoms with Crippen LogP contribution in [0.2, 0.25) is 0 Å². The molecule has 3 rings (SSSR count). The number of carbonyl (C=O) groups is 1. The lowest BCUT2D eigenvalue weighted by Gasteiger charge is -2.11. The SMILES string of the molecule is Cc1cc(C)cc(COc2ccc3c(C)c(CCC(=O)[O-])c(=O)oc3c2)c1. The minimum Gasteiger partial charge on any atom is -0.550 e. The summed E-state index contributed by atoms with van der Waals surface area (Å²) < 4.78 is 11.2. The molecule has 0 saturated heterocycles. The van der Waals surface area contributed by atoms with Gasteiger partial charge >= 0.3 is 5.63 Å². The first-order valence-electron chi connectivity index (χ1n) is 8.79. The summed E-state index contributed by atoms with van der Waals surface area (Å²) in [6.45, 7) is 6.30. The molecule has 0 N–H and O–H groups in total. The van der Waals surface area contributed by atoms with Gasteiger partial charge in [-0.3, -0.25) is 0 Å². The zero-order valence-electron chi connectivity index (χ0n) is 15.6. The smallest absolute Gasteiger partial charge is 0.339 e. The van der Waals surface area contributed by atoms with Crippen molar-refractivity contribution in [1.82, 2.24) is 0 Å². The molecule has 0 atom stereocenters. The van der Waals surface area contributed by atoms with Crippen molar-refractivity contribution in [3.63, 3.8) is 0 Å². The van der Waals surface area contributed by atoms with Crippen molar-refractivity contribution in [3.05, 3.63) is 74.6 Å². The van der Waals surface area contributed by atoms with E-state index in [1.54, 1.807) is 13.0 Å². The van der Waals surface area contributed by atoms with Crippen LogP contribution in [-0.2, 0) is 17.8 Å². The minimum absolute atomic E-state index is 0.0946. The van der Waals surface area contributed by atoms with Gasteiger partial charge in [-0.05, 0) is 56.9 Å². The number of carboxylic acid groups (broad SMARTS) is 1. The molecule has 0 fully saturated rings. The summed E-state index contributed by atoms with van der Waals surface area (Å²) in [5, 5.41) is 11.4. The first-order valence-corrected chi connectivity index (χ1v) is 8.79. The second kappa shape index (κ2) is 7.66. The lowest BCUT2D eigenvalue weighted by molar-refractivity contribution is -0.305. The standard InChI is InChI=1S/C22H22O5/c1-13-8-14(2)10-16(9-13)12-26-17-4-5-18-15(3)19(6-7-21(23)24)22(25)27-20(18)11-17/h4-5,8-11H,6-7,12H2,1-3H3,(H,23,24)/p-1. The monoisotopic (exact) mass is 365 g/mol. The lowest BCUT2D eigenvalue weighted by Crippen LogP contribution is -2.24. The van der Waals surface area contributed by atoms with Crippen LogP contribution in [0.15, 0.2) is 45.6 Å². The molecule has 3 aromatic rings. The fourth-order valence-electron chi connectivity index (χ4n) is 3.30. The Kier molecular flexibility index (Phi) is 5.31. The topological polar surface area (TPSA) is 79.6 Å². The highest BCUT2D eigenvalue weighted by atomic mass is 16.5. The molecule has 0 unspecified atom stereocenters. The van der Waals surface area contributed by atoms with Gasteiger partial charge < -0.3 is 19.1 Å². The molecule has 5 nitrogen and oxygen atoms in total. The van der Waals surface area contributed by atoms with Crippen molar-refractivity contribution < 1.29 is 19.1 Å². The molecule has 0 saturated carbocycles.